The fraction of sp³-hybridized carbons (Fsp3) is 0.0909. The maximum Gasteiger partial charge on any atom is 0.122 e. The first kappa shape index (κ1) is 8.69. The van der Waals surface area contributed by atoms with E-state index in [1.165, 1.54) is 0 Å². The van der Waals surface area contributed by atoms with Crippen LogP contribution in [0.15, 0.2) is 49.1 Å². The Hall–Kier alpha value is -1.90. The van der Waals surface area contributed by atoms with E-state index in [4.69, 9.17) is 4.74 Å². The standard InChI is InChI=1S/C11H10N2O/c1-5-12-6-2-10(1)9-14-11-3-7-13-8-4-11/h1-8H,9H2. The van der Waals surface area contributed by atoms with E-state index in [1.54, 1.807) is 24.8 Å². The van der Waals surface area contributed by atoms with Crippen LogP contribution < -0.4 is 4.74 Å². The Morgan fingerprint density at radius 1 is 0.857 bits per heavy atom. The Kier molecular flexibility index (Phi) is 2.71. The number of ether oxygens (including phenoxy) is 1. The number of aromatic nitrogens is 2. The minimum Gasteiger partial charge on any atom is -0.489 e. The van der Waals surface area contributed by atoms with Crippen molar-refractivity contribution in [2.45, 2.75) is 6.61 Å². The fourth-order valence-electron chi connectivity index (χ4n) is 1.08. The van der Waals surface area contributed by atoms with Crippen molar-refractivity contribution in [3.8, 4) is 5.75 Å². The quantitative estimate of drug-likeness (QED) is 0.735. The maximum absolute atomic E-state index is 5.52. The van der Waals surface area contributed by atoms with Crippen molar-refractivity contribution >= 4 is 0 Å². The smallest absolute Gasteiger partial charge is 0.122 e. The second kappa shape index (κ2) is 4.37. The molecule has 0 radical (unpaired) electrons. The summed E-state index contributed by atoms with van der Waals surface area (Å²) >= 11 is 0. The predicted octanol–water partition coefficient (Wildman–Crippen LogP) is 2.06. The summed E-state index contributed by atoms with van der Waals surface area (Å²) in [5, 5.41) is 0. The number of hydrogen-bond acceptors (Lipinski definition) is 3. The van der Waals surface area contributed by atoms with Gasteiger partial charge in [0, 0.05) is 24.8 Å². The molecule has 0 spiro atoms. The summed E-state index contributed by atoms with van der Waals surface area (Å²) in [7, 11) is 0. The lowest BCUT2D eigenvalue weighted by Gasteiger charge is -2.04. The Morgan fingerprint density at radius 3 is 2.07 bits per heavy atom. The summed E-state index contributed by atoms with van der Waals surface area (Å²) in [4.78, 5) is 7.85. The number of rotatable bonds is 3. The first-order valence-corrected chi connectivity index (χ1v) is 4.37. The number of hydrogen-bond donors (Lipinski definition) is 0. The van der Waals surface area contributed by atoms with Crippen LogP contribution in [0.1, 0.15) is 5.56 Å². The summed E-state index contributed by atoms with van der Waals surface area (Å²) in [6.45, 7) is 0.562. The molecule has 0 amide bonds. The first-order valence-electron chi connectivity index (χ1n) is 4.37. The molecule has 2 aromatic rings. The molecule has 3 nitrogen and oxygen atoms in total. The van der Waals surface area contributed by atoms with Gasteiger partial charge in [0.05, 0.1) is 0 Å². The molecule has 0 unspecified atom stereocenters. The molecule has 0 aliphatic rings. The van der Waals surface area contributed by atoms with Crippen LogP contribution in [0.3, 0.4) is 0 Å². The van der Waals surface area contributed by atoms with Crippen LogP contribution in [0.5, 0.6) is 5.75 Å². The molecule has 0 fully saturated rings. The highest BCUT2D eigenvalue weighted by molar-refractivity contribution is 5.18. The highest BCUT2D eigenvalue weighted by Crippen LogP contribution is 2.09. The van der Waals surface area contributed by atoms with Gasteiger partial charge in [0.25, 0.3) is 0 Å². The molecular weight excluding hydrogens is 176 g/mol. The van der Waals surface area contributed by atoms with E-state index >= 15 is 0 Å². The average molecular weight is 186 g/mol. The van der Waals surface area contributed by atoms with Gasteiger partial charge in [-0.15, -0.1) is 0 Å². The third kappa shape index (κ3) is 2.29. The molecule has 0 N–H and O–H groups in total. The SMILES string of the molecule is c1cc(COc2ccncc2)ccn1. The van der Waals surface area contributed by atoms with Crippen molar-refractivity contribution in [2.24, 2.45) is 0 Å². The summed E-state index contributed by atoms with van der Waals surface area (Å²) in [5.74, 6) is 0.830. The average Bonchev–Trinajstić information content (AvgIpc) is 2.29. The van der Waals surface area contributed by atoms with E-state index in [9.17, 15) is 0 Å². The summed E-state index contributed by atoms with van der Waals surface area (Å²) < 4.78 is 5.52. The van der Waals surface area contributed by atoms with Gasteiger partial charge in [0.1, 0.15) is 12.4 Å². The van der Waals surface area contributed by atoms with Gasteiger partial charge in [0.2, 0.25) is 0 Å². The molecule has 3 heteroatoms. The predicted molar refractivity (Wildman–Crippen MR) is 52.8 cm³/mol. The summed E-state index contributed by atoms with van der Waals surface area (Å²) in [5.41, 5.74) is 1.11. The lowest BCUT2D eigenvalue weighted by molar-refractivity contribution is 0.306. The van der Waals surface area contributed by atoms with E-state index < -0.39 is 0 Å². The van der Waals surface area contributed by atoms with Crippen LogP contribution >= 0.6 is 0 Å². The third-order valence-corrected chi connectivity index (χ3v) is 1.80. The first-order chi connectivity index (χ1) is 6.95. The van der Waals surface area contributed by atoms with Gasteiger partial charge in [-0.25, -0.2) is 0 Å². The van der Waals surface area contributed by atoms with E-state index in [-0.39, 0.29) is 0 Å². The Morgan fingerprint density at radius 2 is 1.43 bits per heavy atom. The van der Waals surface area contributed by atoms with E-state index in [2.05, 4.69) is 9.97 Å². The molecule has 0 aliphatic heterocycles. The number of nitrogens with zero attached hydrogens (tertiary/aromatic N) is 2. The lowest BCUT2D eigenvalue weighted by Crippen LogP contribution is -1.94. The van der Waals surface area contributed by atoms with Gasteiger partial charge < -0.3 is 4.74 Å². The molecule has 0 saturated carbocycles. The van der Waals surface area contributed by atoms with Crippen LogP contribution in [-0.4, -0.2) is 9.97 Å². The van der Waals surface area contributed by atoms with Crippen molar-refractivity contribution in [3.05, 3.63) is 54.6 Å². The van der Waals surface area contributed by atoms with Crippen LogP contribution in [0, 0.1) is 0 Å². The monoisotopic (exact) mass is 186 g/mol. The molecular formula is C11H10N2O. The van der Waals surface area contributed by atoms with Gasteiger partial charge in [-0.3, -0.25) is 9.97 Å². The van der Waals surface area contributed by atoms with E-state index in [1.807, 2.05) is 24.3 Å². The topological polar surface area (TPSA) is 35.0 Å². The minimum atomic E-state index is 0.562. The zero-order valence-corrected chi connectivity index (χ0v) is 7.63. The number of pyridine rings is 2. The molecule has 2 heterocycles. The zero-order chi connectivity index (χ0) is 9.64. The van der Waals surface area contributed by atoms with Crippen LogP contribution in [0.4, 0.5) is 0 Å². The molecule has 0 saturated heterocycles. The zero-order valence-electron chi connectivity index (χ0n) is 7.63. The Bertz CT molecular complexity index is 336. The molecule has 14 heavy (non-hydrogen) atoms. The van der Waals surface area contributed by atoms with E-state index in [0.717, 1.165) is 11.3 Å². The largest absolute Gasteiger partial charge is 0.489 e. The molecule has 0 atom stereocenters. The van der Waals surface area contributed by atoms with Gasteiger partial charge in [-0.2, -0.15) is 0 Å². The van der Waals surface area contributed by atoms with Gasteiger partial charge >= 0.3 is 0 Å². The van der Waals surface area contributed by atoms with Crippen LogP contribution in [0.2, 0.25) is 0 Å². The van der Waals surface area contributed by atoms with Crippen LogP contribution in [0.25, 0.3) is 0 Å². The summed E-state index contributed by atoms with van der Waals surface area (Å²) in [6, 6.07) is 7.53. The third-order valence-electron chi connectivity index (χ3n) is 1.80. The highest BCUT2D eigenvalue weighted by Gasteiger charge is 1.93. The van der Waals surface area contributed by atoms with Crippen molar-refractivity contribution < 1.29 is 4.74 Å². The molecule has 2 aromatic heterocycles. The molecule has 0 bridgehead atoms. The fourth-order valence-corrected chi connectivity index (χ4v) is 1.08. The van der Waals surface area contributed by atoms with Gasteiger partial charge in [-0.05, 0) is 29.8 Å². The molecule has 2 rings (SSSR count). The van der Waals surface area contributed by atoms with Gasteiger partial charge in [-0.1, -0.05) is 0 Å². The second-order valence-electron chi connectivity index (χ2n) is 2.83. The van der Waals surface area contributed by atoms with Gasteiger partial charge in [0.15, 0.2) is 0 Å². The molecule has 0 aromatic carbocycles. The van der Waals surface area contributed by atoms with Crippen molar-refractivity contribution in [1.82, 2.24) is 9.97 Å². The van der Waals surface area contributed by atoms with E-state index in [0.29, 0.717) is 6.61 Å². The van der Waals surface area contributed by atoms with Crippen molar-refractivity contribution in [3.63, 3.8) is 0 Å². The Labute approximate surface area is 82.4 Å². The normalized spacial score (nSPS) is 9.71. The molecule has 0 aliphatic carbocycles. The lowest BCUT2D eigenvalue weighted by atomic mass is 10.3. The minimum absolute atomic E-state index is 0.562. The van der Waals surface area contributed by atoms with Crippen molar-refractivity contribution in [2.75, 3.05) is 0 Å². The maximum atomic E-state index is 5.52. The highest BCUT2D eigenvalue weighted by atomic mass is 16.5. The summed E-state index contributed by atoms with van der Waals surface area (Å²) in [6.07, 6.45) is 6.93. The Balaban J connectivity index is 1.96. The van der Waals surface area contributed by atoms with Crippen LogP contribution in [-0.2, 0) is 6.61 Å². The molecule has 70 valence electrons. The van der Waals surface area contributed by atoms with Crippen molar-refractivity contribution in [1.29, 1.82) is 0 Å². The second-order valence-corrected chi connectivity index (χ2v) is 2.83.